The molecule has 32 heavy (non-hydrogen) atoms. The molecule has 0 saturated carbocycles. The van der Waals surface area contributed by atoms with Gasteiger partial charge < -0.3 is 19.1 Å². The fourth-order valence-corrected chi connectivity index (χ4v) is 4.47. The van der Waals surface area contributed by atoms with Crippen molar-refractivity contribution in [1.82, 2.24) is 9.55 Å². The molecule has 2 aliphatic rings. The second-order valence-corrected chi connectivity index (χ2v) is 7.82. The van der Waals surface area contributed by atoms with Crippen LogP contribution in [0.25, 0.3) is 22.3 Å². The highest BCUT2D eigenvalue weighted by molar-refractivity contribution is 6.07. The van der Waals surface area contributed by atoms with Crippen molar-refractivity contribution in [2.75, 3.05) is 6.61 Å². The van der Waals surface area contributed by atoms with Crippen LogP contribution in [0.2, 0.25) is 0 Å². The van der Waals surface area contributed by atoms with Crippen LogP contribution in [-0.4, -0.2) is 33.2 Å². The summed E-state index contributed by atoms with van der Waals surface area (Å²) < 4.78 is 11.9. The van der Waals surface area contributed by atoms with Crippen LogP contribution in [0, 0.1) is 0 Å². The van der Waals surface area contributed by atoms with E-state index < -0.39 is 17.5 Å². The maximum Gasteiger partial charge on any atom is 0.343 e. The van der Waals surface area contributed by atoms with Gasteiger partial charge in [0, 0.05) is 16.5 Å². The third-order valence-electron chi connectivity index (χ3n) is 6.13. The molecule has 5 rings (SSSR count). The Hall–Kier alpha value is -3.78. The van der Waals surface area contributed by atoms with E-state index in [4.69, 9.17) is 14.5 Å². The van der Waals surface area contributed by atoms with Gasteiger partial charge in [-0.3, -0.25) is 4.79 Å². The number of fused-ring (bicyclic) bond motifs is 5. The molecule has 0 spiro atoms. The van der Waals surface area contributed by atoms with Gasteiger partial charge >= 0.3 is 11.9 Å². The van der Waals surface area contributed by atoms with Crippen molar-refractivity contribution in [3.8, 4) is 11.4 Å². The zero-order valence-corrected chi connectivity index (χ0v) is 17.4. The van der Waals surface area contributed by atoms with Gasteiger partial charge in [0.25, 0.3) is 5.56 Å². The van der Waals surface area contributed by atoms with E-state index >= 15 is 0 Å². The predicted octanol–water partition coefficient (Wildman–Crippen LogP) is 2.42. The first kappa shape index (κ1) is 20.1. The first-order valence-corrected chi connectivity index (χ1v) is 10.3. The lowest BCUT2D eigenvalue weighted by Crippen LogP contribution is -2.44. The molecule has 2 aromatic heterocycles. The van der Waals surface area contributed by atoms with Crippen LogP contribution < -0.4 is 5.56 Å². The van der Waals surface area contributed by atoms with Crippen LogP contribution in [0.3, 0.4) is 0 Å². The molecule has 0 saturated heterocycles. The summed E-state index contributed by atoms with van der Waals surface area (Å²) in [6.45, 7) is 5.18. The monoisotopic (exact) mass is 432 g/mol. The molecule has 0 aliphatic carbocycles. The van der Waals surface area contributed by atoms with Gasteiger partial charge in [-0.15, -0.1) is 0 Å². The molecular formula is C24H20N2O6. The van der Waals surface area contributed by atoms with Crippen LogP contribution in [0.4, 0.5) is 0 Å². The van der Waals surface area contributed by atoms with E-state index in [1.54, 1.807) is 37.3 Å². The van der Waals surface area contributed by atoms with Crippen molar-refractivity contribution >= 4 is 22.8 Å². The normalized spacial score (nSPS) is 18.5. The summed E-state index contributed by atoms with van der Waals surface area (Å²) in [6, 6.07) is 8.79. The number of nitrogens with zero attached hydrogens (tertiary/aromatic N) is 2. The standard InChI is InChI=1S/C24H20N2O6/c1-3-9-31-22(28)19-13-7-5-6-8-17(13)25-20-14(19)11-26-18(20)10-16-15(21(26)27)12-32-23(29)24(16,30)4-2/h3,5-8,10,30H,1,4,9,11-12H2,2H3/t24-/m0/s1. The Morgan fingerprint density at radius 2 is 2.12 bits per heavy atom. The van der Waals surface area contributed by atoms with Crippen molar-refractivity contribution in [1.29, 1.82) is 0 Å². The molecule has 0 radical (unpaired) electrons. The summed E-state index contributed by atoms with van der Waals surface area (Å²) in [5, 5.41) is 11.6. The number of carbonyl (C=O) groups excluding carboxylic acids is 2. The molecule has 4 heterocycles. The minimum atomic E-state index is -1.91. The van der Waals surface area contributed by atoms with Gasteiger partial charge in [-0.05, 0) is 18.6 Å². The van der Waals surface area contributed by atoms with Crippen LogP contribution in [0.15, 0.2) is 47.8 Å². The molecule has 162 valence electrons. The van der Waals surface area contributed by atoms with Crippen LogP contribution in [-0.2, 0) is 33.0 Å². The number of pyridine rings is 2. The first-order chi connectivity index (χ1) is 15.4. The van der Waals surface area contributed by atoms with Crippen LogP contribution >= 0.6 is 0 Å². The molecule has 3 aromatic rings. The maximum atomic E-state index is 13.3. The van der Waals surface area contributed by atoms with Crippen molar-refractivity contribution in [3.05, 3.63) is 75.6 Å². The third kappa shape index (κ3) is 2.66. The van der Waals surface area contributed by atoms with E-state index in [1.165, 1.54) is 10.6 Å². The predicted molar refractivity (Wildman–Crippen MR) is 115 cm³/mol. The lowest BCUT2D eigenvalue weighted by molar-refractivity contribution is -0.172. The Morgan fingerprint density at radius 3 is 2.88 bits per heavy atom. The van der Waals surface area contributed by atoms with E-state index in [0.717, 1.165) is 0 Å². The molecule has 8 nitrogen and oxygen atoms in total. The Bertz CT molecular complexity index is 1390. The molecule has 1 N–H and O–H groups in total. The molecule has 8 heteroatoms. The number of aromatic nitrogens is 2. The third-order valence-corrected chi connectivity index (χ3v) is 6.13. The van der Waals surface area contributed by atoms with E-state index in [9.17, 15) is 19.5 Å². The summed E-state index contributed by atoms with van der Waals surface area (Å²) in [5.74, 6) is -1.32. The molecular weight excluding hydrogens is 412 g/mol. The topological polar surface area (TPSA) is 108 Å². The first-order valence-electron chi connectivity index (χ1n) is 10.3. The number of carbonyl (C=O) groups is 2. The van der Waals surface area contributed by atoms with Gasteiger partial charge in [0.05, 0.1) is 34.6 Å². The average Bonchev–Trinajstić information content (AvgIpc) is 3.17. The largest absolute Gasteiger partial charge is 0.458 e. The van der Waals surface area contributed by atoms with Gasteiger partial charge in [-0.25, -0.2) is 14.6 Å². The van der Waals surface area contributed by atoms with Gasteiger partial charge in [0.15, 0.2) is 5.60 Å². The molecule has 0 unspecified atom stereocenters. The number of para-hydroxylation sites is 1. The van der Waals surface area contributed by atoms with Crippen molar-refractivity contribution < 1.29 is 24.2 Å². The Balaban J connectivity index is 1.80. The van der Waals surface area contributed by atoms with E-state index in [-0.39, 0.29) is 42.9 Å². The highest BCUT2D eigenvalue weighted by Gasteiger charge is 2.45. The van der Waals surface area contributed by atoms with Gasteiger partial charge in [0.1, 0.15) is 13.2 Å². The number of ether oxygens (including phenoxy) is 2. The summed E-state index contributed by atoms with van der Waals surface area (Å²) in [7, 11) is 0. The van der Waals surface area contributed by atoms with Gasteiger partial charge in [-0.1, -0.05) is 37.8 Å². The molecule has 2 aliphatic heterocycles. The lowest BCUT2D eigenvalue weighted by Gasteiger charge is -2.31. The highest BCUT2D eigenvalue weighted by atomic mass is 16.6. The zero-order valence-electron chi connectivity index (χ0n) is 17.4. The number of aliphatic hydroxyl groups is 1. The zero-order chi connectivity index (χ0) is 22.6. The number of hydrogen-bond donors (Lipinski definition) is 1. The SMILES string of the molecule is C=CCOC(=O)c1c2c(nc3ccccc13)-c1cc3c(c(=O)n1C2)COC(=O)[C@]3(O)CC. The van der Waals surface area contributed by atoms with Crippen molar-refractivity contribution in [2.45, 2.75) is 32.1 Å². The Morgan fingerprint density at radius 1 is 1.34 bits per heavy atom. The summed E-state index contributed by atoms with van der Waals surface area (Å²) in [6.07, 6.45) is 1.54. The van der Waals surface area contributed by atoms with Gasteiger partial charge in [0.2, 0.25) is 0 Å². The number of rotatable bonds is 4. The molecule has 0 bridgehead atoms. The van der Waals surface area contributed by atoms with Crippen molar-refractivity contribution in [2.24, 2.45) is 0 Å². The van der Waals surface area contributed by atoms with Crippen LogP contribution in [0.1, 0.15) is 40.4 Å². The summed E-state index contributed by atoms with van der Waals surface area (Å²) in [5.41, 5.74) is 0.520. The fraction of sp³-hybridized carbons (Fsp3) is 0.250. The molecule has 1 atom stereocenters. The summed E-state index contributed by atoms with van der Waals surface area (Å²) in [4.78, 5) is 43.3. The second-order valence-electron chi connectivity index (χ2n) is 7.82. The quantitative estimate of drug-likeness (QED) is 0.390. The minimum absolute atomic E-state index is 0.0500. The molecule has 0 amide bonds. The number of esters is 2. The fourth-order valence-electron chi connectivity index (χ4n) is 4.47. The summed E-state index contributed by atoms with van der Waals surface area (Å²) >= 11 is 0. The second kappa shape index (κ2) is 7.13. The van der Waals surface area contributed by atoms with E-state index in [0.29, 0.717) is 33.4 Å². The molecule has 1 aromatic carbocycles. The minimum Gasteiger partial charge on any atom is -0.458 e. The van der Waals surface area contributed by atoms with Crippen molar-refractivity contribution in [3.63, 3.8) is 0 Å². The number of hydrogen-bond acceptors (Lipinski definition) is 7. The van der Waals surface area contributed by atoms with Gasteiger partial charge in [-0.2, -0.15) is 0 Å². The maximum absolute atomic E-state index is 13.3. The Labute approximate surface area is 182 Å². The number of benzene rings is 1. The smallest absolute Gasteiger partial charge is 0.343 e. The number of cyclic esters (lactones) is 1. The lowest BCUT2D eigenvalue weighted by atomic mass is 9.86. The highest BCUT2D eigenvalue weighted by Crippen LogP contribution is 2.40. The Kier molecular flexibility index (Phi) is 4.49. The molecule has 0 fully saturated rings. The average molecular weight is 432 g/mol. The van der Waals surface area contributed by atoms with Crippen LogP contribution in [0.5, 0.6) is 0 Å². The van der Waals surface area contributed by atoms with E-state index in [2.05, 4.69) is 6.58 Å². The van der Waals surface area contributed by atoms with E-state index in [1.807, 2.05) is 0 Å².